The van der Waals surface area contributed by atoms with Gasteiger partial charge in [0.25, 0.3) is 11.5 Å². The Bertz CT molecular complexity index is 2320. The average molecular weight is 688 g/mol. The van der Waals surface area contributed by atoms with Gasteiger partial charge in [-0.3, -0.25) is 14.2 Å². The number of carbonyl (C=O) groups is 1. The van der Waals surface area contributed by atoms with Gasteiger partial charge in [0, 0.05) is 55.2 Å². The van der Waals surface area contributed by atoms with Crippen LogP contribution in [-0.2, 0) is 13.7 Å². The zero-order chi connectivity index (χ0) is 36.1. The second-order valence-electron chi connectivity index (χ2n) is 11.9. The molecule has 0 saturated carbocycles. The van der Waals surface area contributed by atoms with Gasteiger partial charge in [0.1, 0.15) is 18.0 Å². The molecule has 0 bridgehead atoms. The number of rotatable bonds is 11. The van der Waals surface area contributed by atoms with E-state index in [-0.39, 0.29) is 29.3 Å². The third-order valence-electron chi connectivity index (χ3n) is 7.84. The van der Waals surface area contributed by atoms with Crippen molar-refractivity contribution >= 4 is 23.4 Å². The number of allylic oxidation sites excluding steroid dienone is 3. The molecule has 2 aromatic heterocycles. The maximum atomic E-state index is 13.7. The number of halogens is 1. The number of nitrogens with zero attached hydrogens (tertiary/aromatic N) is 4. The molecule has 5 aromatic rings. The summed E-state index contributed by atoms with van der Waals surface area (Å²) >= 11 is 0. The molecule has 0 radical (unpaired) electrons. The fourth-order valence-electron chi connectivity index (χ4n) is 5.25. The van der Waals surface area contributed by atoms with Gasteiger partial charge in [-0.2, -0.15) is 0 Å². The van der Waals surface area contributed by atoms with Gasteiger partial charge in [0.2, 0.25) is 0 Å². The van der Waals surface area contributed by atoms with E-state index in [1.807, 2.05) is 48.1 Å². The van der Waals surface area contributed by atoms with Crippen molar-refractivity contribution in [2.45, 2.75) is 26.5 Å². The molecule has 51 heavy (non-hydrogen) atoms. The highest BCUT2D eigenvalue weighted by Crippen LogP contribution is 2.35. The molecule has 1 aliphatic heterocycles. The van der Waals surface area contributed by atoms with Crippen LogP contribution < -0.4 is 31.4 Å². The van der Waals surface area contributed by atoms with Crippen LogP contribution in [0.25, 0.3) is 11.3 Å². The smallest absolute Gasteiger partial charge is 0.335 e. The molecule has 12 nitrogen and oxygen atoms in total. The molecule has 3 heterocycles. The Balaban J connectivity index is 1.36. The molecule has 1 aliphatic rings. The van der Waals surface area contributed by atoms with E-state index in [1.54, 1.807) is 56.7 Å². The Morgan fingerprint density at radius 1 is 1.04 bits per heavy atom. The van der Waals surface area contributed by atoms with Gasteiger partial charge in [-0.1, -0.05) is 30.3 Å². The van der Waals surface area contributed by atoms with E-state index in [2.05, 4.69) is 15.6 Å². The van der Waals surface area contributed by atoms with E-state index in [0.717, 1.165) is 34.1 Å². The second-order valence-corrected chi connectivity index (χ2v) is 11.9. The zero-order valence-corrected chi connectivity index (χ0v) is 28.0. The molecule has 0 atom stereocenters. The van der Waals surface area contributed by atoms with Crippen molar-refractivity contribution in [1.82, 2.24) is 24.0 Å². The SMILES string of the molecule is CC(C)n1cc(C(=O)Nc2ccc(OC3=CC(c4cn(C)cn4)=CN/C3=C\C=N)c(OCc3ccccc3)c2)c(=O)n(-c2ccc(F)cc2)c1=O. The van der Waals surface area contributed by atoms with Crippen molar-refractivity contribution in [2.75, 3.05) is 5.32 Å². The zero-order valence-electron chi connectivity index (χ0n) is 28.0. The summed E-state index contributed by atoms with van der Waals surface area (Å²) in [4.78, 5) is 45.0. The fraction of sp³-hybridized carbons (Fsp3) is 0.132. The van der Waals surface area contributed by atoms with Crippen LogP contribution in [0.4, 0.5) is 10.1 Å². The van der Waals surface area contributed by atoms with Crippen molar-refractivity contribution in [1.29, 1.82) is 5.41 Å². The predicted molar refractivity (Wildman–Crippen MR) is 192 cm³/mol. The molecule has 6 rings (SSSR count). The van der Waals surface area contributed by atoms with Gasteiger partial charge in [-0.05, 0) is 68.0 Å². The van der Waals surface area contributed by atoms with Gasteiger partial charge in [0.05, 0.1) is 23.4 Å². The molecule has 13 heteroatoms. The lowest BCUT2D eigenvalue weighted by Crippen LogP contribution is -2.42. The summed E-state index contributed by atoms with van der Waals surface area (Å²) in [7, 11) is 1.87. The van der Waals surface area contributed by atoms with Crippen LogP contribution in [0.3, 0.4) is 0 Å². The Labute approximate surface area is 291 Å². The van der Waals surface area contributed by atoms with E-state index >= 15 is 0 Å². The number of aryl methyl sites for hydroxylation is 1. The summed E-state index contributed by atoms with van der Waals surface area (Å²) in [6.45, 7) is 3.66. The van der Waals surface area contributed by atoms with Gasteiger partial charge < -0.3 is 30.1 Å². The lowest BCUT2D eigenvalue weighted by atomic mass is 10.1. The normalized spacial score (nSPS) is 13.3. The van der Waals surface area contributed by atoms with E-state index in [9.17, 15) is 18.8 Å². The Morgan fingerprint density at radius 3 is 2.49 bits per heavy atom. The van der Waals surface area contributed by atoms with E-state index in [4.69, 9.17) is 14.9 Å². The van der Waals surface area contributed by atoms with Crippen LogP contribution in [-0.4, -0.2) is 30.8 Å². The summed E-state index contributed by atoms with van der Waals surface area (Å²) in [5, 5.41) is 13.6. The first kappa shape index (κ1) is 34.1. The predicted octanol–water partition coefficient (Wildman–Crippen LogP) is 5.72. The number of hydrogen-bond acceptors (Lipinski definition) is 8. The highest BCUT2D eigenvalue weighted by molar-refractivity contribution is 6.04. The number of benzene rings is 3. The molecule has 0 spiro atoms. The number of nitrogens with one attached hydrogen (secondary N) is 3. The van der Waals surface area contributed by atoms with Crippen LogP contribution >= 0.6 is 0 Å². The van der Waals surface area contributed by atoms with Gasteiger partial charge in [-0.25, -0.2) is 18.7 Å². The molecule has 0 fully saturated rings. The Kier molecular flexibility index (Phi) is 9.89. The maximum Gasteiger partial charge on any atom is 0.335 e. The molecular weight excluding hydrogens is 653 g/mol. The lowest BCUT2D eigenvalue weighted by Gasteiger charge is -2.21. The summed E-state index contributed by atoms with van der Waals surface area (Å²) in [5.41, 5.74) is 1.45. The Morgan fingerprint density at radius 2 is 1.80 bits per heavy atom. The van der Waals surface area contributed by atoms with Crippen molar-refractivity contribution in [3.63, 3.8) is 0 Å². The van der Waals surface area contributed by atoms with Crippen LogP contribution in [0.5, 0.6) is 11.5 Å². The van der Waals surface area contributed by atoms with E-state index in [1.165, 1.54) is 22.9 Å². The minimum absolute atomic E-state index is 0.123. The van der Waals surface area contributed by atoms with Gasteiger partial charge in [0.15, 0.2) is 17.3 Å². The molecule has 3 N–H and O–H groups in total. The first-order chi connectivity index (χ1) is 24.6. The molecule has 0 unspecified atom stereocenters. The monoisotopic (exact) mass is 687 g/mol. The third-order valence-corrected chi connectivity index (χ3v) is 7.84. The van der Waals surface area contributed by atoms with Gasteiger partial charge in [-0.15, -0.1) is 0 Å². The molecule has 0 saturated heterocycles. The standard InChI is InChI=1S/C38H34FN7O5/c1-24(2)45-20-30(37(48)46(38(45)49)29-12-9-27(39)10-13-29)36(47)43-28-11-14-33(35(18-28)50-22-25-7-5-4-6-8-25)51-34-17-26(19-41-31(34)15-16-40)32-21-44(3)23-42-32/h4-21,23-24,40-41H,22H2,1-3H3,(H,43,47)/b31-15-,40-16?. The topological polar surface area (TPSA) is 145 Å². The number of hydrogen-bond donors (Lipinski definition) is 3. The van der Waals surface area contributed by atoms with Crippen molar-refractivity contribution in [3.8, 4) is 17.2 Å². The third kappa shape index (κ3) is 7.62. The minimum Gasteiger partial charge on any atom is -0.485 e. The fourth-order valence-corrected chi connectivity index (χ4v) is 5.25. The Hall–Kier alpha value is -6.76. The summed E-state index contributed by atoms with van der Waals surface area (Å²) in [6.07, 6.45) is 11.0. The van der Waals surface area contributed by atoms with Crippen molar-refractivity contribution < 1.29 is 18.7 Å². The highest BCUT2D eigenvalue weighted by Gasteiger charge is 2.22. The number of amides is 1. The van der Waals surface area contributed by atoms with Crippen LogP contribution in [0.1, 0.15) is 41.5 Å². The van der Waals surface area contributed by atoms with Gasteiger partial charge >= 0.3 is 5.69 Å². The first-order valence-corrected chi connectivity index (χ1v) is 15.9. The quantitative estimate of drug-likeness (QED) is 0.151. The number of ether oxygens (including phenoxy) is 2. The molecule has 0 aliphatic carbocycles. The van der Waals surface area contributed by atoms with Crippen LogP contribution in [0.2, 0.25) is 0 Å². The van der Waals surface area contributed by atoms with Crippen LogP contribution in [0, 0.1) is 11.2 Å². The maximum absolute atomic E-state index is 13.7. The van der Waals surface area contributed by atoms with Crippen LogP contribution in [0.15, 0.2) is 131 Å². The number of carbonyl (C=O) groups excluding carboxylic acids is 1. The van der Waals surface area contributed by atoms with E-state index < -0.39 is 29.0 Å². The van der Waals surface area contributed by atoms with Crippen molar-refractivity contribution in [2.24, 2.45) is 7.05 Å². The number of imidazole rings is 1. The number of anilines is 1. The highest BCUT2D eigenvalue weighted by atomic mass is 19.1. The summed E-state index contributed by atoms with van der Waals surface area (Å²) < 4.78 is 30.2. The second kappa shape index (κ2) is 14.8. The molecule has 258 valence electrons. The number of aromatic nitrogens is 4. The minimum atomic E-state index is -0.861. The number of dihydropyridines is 1. The van der Waals surface area contributed by atoms with E-state index in [0.29, 0.717) is 22.9 Å². The summed E-state index contributed by atoms with van der Waals surface area (Å²) in [5.74, 6) is -0.335. The lowest BCUT2D eigenvalue weighted by molar-refractivity contribution is 0.102. The largest absolute Gasteiger partial charge is 0.485 e. The summed E-state index contributed by atoms with van der Waals surface area (Å²) in [6, 6.07) is 18.7. The molecule has 1 amide bonds. The van der Waals surface area contributed by atoms with Crippen molar-refractivity contribution in [3.05, 3.63) is 165 Å². The first-order valence-electron chi connectivity index (χ1n) is 15.9. The molecular formula is C38H34FN7O5. The average Bonchev–Trinajstić information content (AvgIpc) is 3.56. The molecule has 3 aromatic carbocycles.